The van der Waals surface area contributed by atoms with Crippen LogP contribution in [0.3, 0.4) is 0 Å². The number of piperidine rings is 1. The number of hydrogen-bond acceptors (Lipinski definition) is 3. The molecule has 120 valence electrons. The quantitative estimate of drug-likeness (QED) is 0.852. The van der Waals surface area contributed by atoms with Crippen molar-refractivity contribution in [2.75, 3.05) is 13.1 Å². The van der Waals surface area contributed by atoms with Crippen molar-refractivity contribution < 1.29 is 9.31 Å². The normalized spacial score (nSPS) is 24.7. The van der Waals surface area contributed by atoms with Gasteiger partial charge in [0.05, 0.1) is 11.2 Å². The maximum atomic E-state index is 6.30. The van der Waals surface area contributed by atoms with Crippen LogP contribution in [0, 0.1) is 6.92 Å². The topological polar surface area (TPSA) is 30.5 Å². The molecule has 22 heavy (non-hydrogen) atoms. The zero-order valence-electron chi connectivity index (χ0n) is 14.5. The molecule has 2 aliphatic heterocycles. The Morgan fingerprint density at radius 2 is 1.64 bits per heavy atom. The summed E-state index contributed by atoms with van der Waals surface area (Å²) in [6.07, 6.45) is 2.38. The fraction of sp³-hybridized carbons (Fsp3) is 0.667. The van der Waals surface area contributed by atoms with E-state index in [1.54, 1.807) is 0 Å². The number of benzene rings is 1. The molecule has 3 nitrogen and oxygen atoms in total. The Hall–Kier alpha value is -0.835. The van der Waals surface area contributed by atoms with E-state index >= 15 is 0 Å². The highest BCUT2D eigenvalue weighted by molar-refractivity contribution is 6.62. The van der Waals surface area contributed by atoms with Gasteiger partial charge in [0.25, 0.3) is 0 Å². The zero-order valence-corrected chi connectivity index (χ0v) is 14.5. The summed E-state index contributed by atoms with van der Waals surface area (Å²) in [4.78, 5) is 0. The van der Waals surface area contributed by atoms with E-state index in [2.05, 4.69) is 58.1 Å². The number of rotatable bonds is 2. The molecule has 0 saturated carbocycles. The van der Waals surface area contributed by atoms with Crippen molar-refractivity contribution >= 4 is 12.6 Å². The number of nitrogens with one attached hydrogen (secondary N) is 1. The minimum absolute atomic E-state index is 0.255. The van der Waals surface area contributed by atoms with Gasteiger partial charge in [0.1, 0.15) is 0 Å². The van der Waals surface area contributed by atoms with Crippen LogP contribution in [0.2, 0.25) is 0 Å². The molecule has 0 unspecified atom stereocenters. The lowest BCUT2D eigenvalue weighted by Crippen LogP contribution is -2.41. The maximum Gasteiger partial charge on any atom is 0.495 e. The second-order valence-electron chi connectivity index (χ2n) is 7.74. The standard InChI is InChI=1S/C18H28BNO2/c1-13-6-7-15(14-8-10-20-11-9-14)16(12-13)19-21-17(2,3)18(4,5)22-19/h6-7,12,14,20H,8-11H2,1-5H3. The third kappa shape index (κ3) is 2.84. The van der Waals surface area contributed by atoms with Gasteiger partial charge in [-0.1, -0.05) is 23.8 Å². The zero-order chi connectivity index (χ0) is 16.0. The van der Waals surface area contributed by atoms with Crippen LogP contribution in [0.15, 0.2) is 18.2 Å². The van der Waals surface area contributed by atoms with Crippen molar-refractivity contribution in [1.29, 1.82) is 0 Å². The predicted molar refractivity (Wildman–Crippen MR) is 91.7 cm³/mol. The molecule has 0 aromatic heterocycles. The molecule has 0 radical (unpaired) electrons. The van der Waals surface area contributed by atoms with Crippen LogP contribution < -0.4 is 10.8 Å². The minimum Gasteiger partial charge on any atom is -0.399 e. The van der Waals surface area contributed by atoms with Gasteiger partial charge in [-0.05, 0) is 77.5 Å². The fourth-order valence-corrected chi connectivity index (χ4v) is 3.37. The third-order valence-corrected chi connectivity index (χ3v) is 5.53. The van der Waals surface area contributed by atoms with E-state index in [4.69, 9.17) is 9.31 Å². The average Bonchev–Trinajstić information content (AvgIpc) is 2.68. The van der Waals surface area contributed by atoms with Gasteiger partial charge in [0.15, 0.2) is 0 Å². The van der Waals surface area contributed by atoms with E-state index in [9.17, 15) is 0 Å². The summed E-state index contributed by atoms with van der Waals surface area (Å²) >= 11 is 0. The van der Waals surface area contributed by atoms with Gasteiger partial charge in [-0.15, -0.1) is 0 Å². The van der Waals surface area contributed by atoms with Gasteiger partial charge in [-0.3, -0.25) is 0 Å². The van der Waals surface area contributed by atoms with Crippen molar-refractivity contribution in [2.24, 2.45) is 0 Å². The predicted octanol–water partition coefficient (Wildman–Crippen LogP) is 2.76. The summed E-state index contributed by atoms with van der Waals surface area (Å²) in [6, 6.07) is 6.75. The van der Waals surface area contributed by atoms with Crippen molar-refractivity contribution in [3.63, 3.8) is 0 Å². The lowest BCUT2D eigenvalue weighted by atomic mass is 9.71. The molecule has 0 aliphatic carbocycles. The van der Waals surface area contributed by atoms with Crippen molar-refractivity contribution in [3.05, 3.63) is 29.3 Å². The largest absolute Gasteiger partial charge is 0.495 e. The average molecular weight is 301 g/mol. The van der Waals surface area contributed by atoms with Gasteiger partial charge < -0.3 is 14.6 Å². The summed E-state index contributed by atoms with van der Waals surface area (Å²) in [5.74, 6) is 0.607. The van der Waals surface area contributed by atoms with E-state index in [1.165, 1.54) is 29.4 Å². The lowest BCUT2D eigenvalue weighted by molar-refractivity contribution is 0.00578. The van der Waals surface area contributed by atoms with Crippen LogP contribution >= 0.6 is 0 Å². The van der Waals surface area contributed by atoms with Crippen LogP contribution in [-0.2, 0) is 9.31 Å². The Labute approximate surface area is 134 Å². The van der Waals surface area contributed by atoms with Crippen molar-refractivity contribution in [2.45, 2.75) is 64.6 Å². The Bertz CT molecular complexity index is 534. The molecule has 0 spiro atoms. The van der Waals surface area contributed by atoms with Gasteiger partial charge >= 0.3 is 7.12 Å². The van der Waals surface area contributed by atoms with E-state index in [1.807, 2.05) is 0 Å². The fourth-order valence-electron chi connectivity index (χ4n) is 3.37. The minimum atomic E-state index is -0.285. The first-order valence-corrected chi connectivity index (χ1v) is 8.47. The van der Waals surface area contributed by atoms with Crippen LogP contribution in [0.5, 0.6) is 0 Å². The highest BCUT2D eigenvalue weighted by Crippen LogP contribution is 2.37. The second kappa shape index (κ2) is 5.66. The molecule has 2 fully saturated rings. The molecular formula is C18H28BNO2. The smallest absolute Gasteiger partial charge is 0.399 e. The molecule has 1 aromatic rings. The first-order chi connectivity index (χ1) is 10.3. The van der Waals surface area contributed by atoms with Crippen molar-refractivity contribution in [3.8, 4) is 0 Å². The second-order valence-corrected chi connectivity index (χ2v) is 7.74. The highest BCUT2D eigenvalue weighted by atomic mass is 16.7. The van der Waals surface area contributed by atoms with E-state index in [-0.39, 0.29) is 18.3 Å². The molecule has 1 aromatic carbocycles. The van der Waals surface area contributed by atoms with Crippen LogP contribution in [0.4, 0.5) is 0 Å². The first-order valence-electron chi connectivity index (χ1n) is 8.47. The molecule has 0 bridgehead atoms. The molecule has 1 N–H and O–H groups in total. The summed E-state index contributed by atoms with van der Waals surface area (Å²) in [7, 11) is -0.255. The van der Waals surface area contributed by atoms with Crippen LogP contribution in [-0.4, -0.2) is 31.4 Å². The van der Waals surface area contributed by atoms with E-state index in [0.717, 1.165) is 13.1 Å². The molecule has 2 heterocycles. The van der Waals surface area contributed by atoms with E-state index in [0.29, 0.717) is 5.92 Å². The molecular weight excluding hydrogens is 273 g/mol. The summed E-state index contributed by atoms with van der Waals surface area (Å²) in [5, 5.41) is 3.45. The Kier molecular flexibility index (Phi) is 4.13. The summed E-state index contributed by atoms with van der Waals surface area (Å²) in [6.45, 7) is 12.8. The number of aryl methyl sites for hydroxylation is 1. The lowest BCUT2D eigenvalue weighted by Gasteiger charge is -2.32. The summed E-state index contributed by atoms with van der Waals surface area (Å²) < 4.78 is 12.6. The maximum absolute atomic E-state index is 6.30. The van der Waals surface area contributed by atoms with Gasteiger partial charge in [0, 0.05) is 0 Å². The third-order valence-electron chi connectivity index (χ3n) is 5.53. The molecule has 4 heteroatoms. The Morgan fingerprint density at radius 1 is 1.05 bits per heavy atom. The first kappa shape index (κ1) is 16.0. The molecule has 3 rings (SSSR count). The highest BCUT2D eigenvalue weighted by Gasteiger charge is 2.52. The van der Waals surface area contributed by atoms with Gasteiger partial charge in [0.2, 0.25) is 0 Å². The molecule has 0 amide bonds. The summed E-state index contributed by atoms with van der Waals surface area (Å²) in [5.41, 5.74) is 3.33. The molecule has 2 saturated heterocycles. The monoisotopic (exact) mass is 301 g/mol. The number of hydrogen-bond donors (Lipinski definition) is 1. The van der Waals surface area contributed by atoms with Crippen LogP contribution in [0.1, 0.15) is 57.6 Å². The van der Waals surface area contributed by atoms with Crippen molar-refractivity contribution in [1.82, 2.24) is 5.32 Å². The SMILES string of the molecule is Cc1ccc(C2CCNCC2)c(B2OC(C)(C)C(C)(C)O2)c1. The molecule has 0 atom stereocenters. The van der Waals surface area contributed by atoms with Gasteiger partial charge in [-0.25, -0.2) is 0 Å². The van der Waals surface area contributed by atoms with Gasteiger partial charge in [-0.2, -0.15) is 0 Å². The Morgan fingerprint density at radius 3 is 2.23 bits per heavy atom. The van der Waals surface area contributed by atoms with Crippen LogP contribution in [0.25, 0.3) is 0 Å². The molecule has 2 aliphatic rings. The van der Waals surface area contributed by atoms with E-state index < -0.39 is 0 Å². The Balaban J connectivity index is 1.94.